The van der Waals surface area contributed by atoms with Crippen molar-refractivity contribution in [2.24, 2.45) is 0 Å². The highest BCUT2D eigenvalue weighted by Gasteiger charge is 2.38. The molecule has 0 saturated heterocycles. The Kier molecular flexibility index (Phi) is 4.51. The molecule has 0 saturated carbocycles. The lowest BCUT2D eigenvalue weighted by atomic mass is 9.83. The fourth-order valence-electron chi connectivity index (χ4n) is 3.67. The van der Waals surface area contributed by atoms with E-state index < -0.39 is 0 Å². The number of aryl methyl sites for hydroxylation is 2. The minimum absolute atomic E-state index is 0.129. The number of aromatic nitrogens is 1. The number of para-hydroxylation sites is 1. The second-order valence-corrected chi connectivity index (χ2v) is 7.36. The zero-order valence-electron chi connectivity index (χ0n) is 15.8. The van der Waals surface area contributed by atoms with Crippen LogP contribution in [0.2, 0.25) is 0 Å². The summed E-state index contributed by atoms with van der Waals surface area (Å²) in [6.07, 6.45) is 4.88. The zero-order chi connectivity index (χ0) is 18.2. The van der Waals surface area contributed by atoms with Gasteiger partial charge in [0.05, 0.1) is 0 Å². The predicted molar refractivity (Wildman–Crippen MR) is 102 cm³/mol. The Hall–Kier alpha value is -2.42. The molecule has 0 spiro atoms. The number of likely N-dealkylation sites (N-methyl/N-ethyl adjacent to an activating group) is 1. The minimum Gasteiger partial charge on any atom is -0.347 e. The lowest BCUT2D eigenvalue weighted by molar-refractivity contribution is -0.690. The molecule has 0 atom stereocenters. The molecule has 1 aromatic carbocycles. The van der Waals surface area contributed by atoms with Gasteiger partial charge in [-0.05, 0) is 24.1 Å². The first kappa shape index (κ1) is 17.4. The summed E-state index contributed by atoms with van der Waals surface area (Å²) in [5.74, 6) is 0.129. The Morgan fingerprint density at radius 2 is 1.92 bits per heavy atom. The second kappa shape index (κ2) is 6.47. The van der Waals surface area contributed by atoms with Gasteiger partial charge >= 0.3 is 0 Å². The van der Waals surface area contributed by atoms with Crippen LogP contribution in [0.15, 0.2) is 54.4 Å². The van der Waals surface area contributed by atoms with Crippen LogP contribution >= 0.6 is 0 Å². The maximum atomic E-state index is 12.8. The third kappa shape index (κ3) is 3.11. The number of allylic oxidation sites excluding steroid dienone is 2. The average molecular weight is 335 g/mol. The monoisotopic (exact) mass is 335 g/mol. The number of hydrogen-bond donors (Lipinski definition) is 0. The van der Waals surface area contributed by atoms with E-state index in [0.29, 0.717) is 6.54 Å². The number of nitrogens with zero attached hydrogens (tertiary/aromatic N) is 2. The van der Waals surface area contributed by atoms with Gasteiger partial charge in [0.25, 0.3) is 0 Å². The van der Waals surface area contributed by atoms with Crippen LogP contribution in [0.25, 0.3) is 0 Å². The van der Waals surface area contributed by atoms with E-state index in [-0.39, 0.29) is 11.2 Å². The van der Waals surface area contributed by atoms with Gasteiger partial charge < -0.3 is 4.90 Å². The van der Waals surface area contributed by atoms with E-state index in [0.717, 1.165) is 17.8 Å². The lowest BCUT2D eigenvalue weighted by Gasteiger charge is -2.23. The van der Waals surface area contributed by atoms with Gasteiger partial charge in [-0.2, -0.15) is 4.57 Å². The summed E-state index contributed by atoms with van der Waals surface area (Å²) in [6, 6.07) is 12.6. The Bertz CT molecular complexity index is 849. The number of benzene rings is 1. The Morgan fingerprint density at radius 3 is 2.60 bits per heavy atom. The van der Waals surface area contributed by atoms with E-state index in [9.17, 15) is 4.79 Å². The quantitative estimate of drug-likeness (QED) is 0.628. The van der Waals surface area contributed by atoms with Crippen LogP contribution in [-0.2, 0) is 23.2 Å². The van der Waals surface area contributed by atoms with Gasteiger partial charge in [-0.1, -0.05) is 39.0 Å². The summed E-state index contributed by atoms with van der Waals surface area (Å²) in [6.45, 7) is 8.92. The van der Waals surface area contributed by atoms with Gasteiger partial charge in [-0.3, -0.25) is 4.79 Å². The van der Waals surface area contributed by atoms with E-state index >= 15 is 0 Å². The number of rotatable bonds is 4. The highest BCUT2D eigenvalue weighted by molar-refractivity contribution is 5.91. The molecule has 0 fully saturated rings. The van der Waals surface area contributed by atoms with Crippen molar-refractivity contribution in [3.63, 3.8) is 0 Å². The molecule has 3 nitrogen and oxygen atoms in total. The Balaban J connectivity index is 1.90. The molecule has 3 heteroatoms. The van der Waals surface area contributed by atoms with Gasteiger partial charge in [0, 0.05) is 48.5 Å². The number of hydrogen-bond acceptors (Lipinski definition) is 2. The molecule has 1 aliphatic heterocycles. The molecule has 0 bridgehead atoms. The van der Waals surface area contributed by atoms with Crippen LogP contribution in [0, 0.1) is 6.92 Å². The van der Waals surface area contributed by atoms with Gasteiger partial charge in [0.15, 0.2) is 11.9 Å². The maximum absolute atomic E-state index is 12.8. The van der Waals surface area contributed by atoms with Gasteiger partial charge in [0.1, 0.15) is 0 Å². The minimum atomic E-state index is -0.161. The summed E-state index contributed by atoms with van der Waals surface area (Å²) < 4.78 is 2.05. The molecule has 0 amide bonds. The highest BCUT2D eigenvalue weighted by Crippen LogP contribution is 2.46. The van der Waals surface area contributed by atoms with Crippen molar-refractivity contribution in [2.75, 3.05) is 11.9 Å². The van der Waals surface area contributed by atoms with Crippen molar-refractivity contribution in [3.05, 3.63) is 71.2 Å². The van der Waals surface area contributed by atoms with E-state index in [4.69, 9.17) is 0 Å². The fraction of sp³-hybridized carbons (Fsp3) is 0.364. The molecular formula is C22H27N2O+. The van der Waals surface area contributed by atoms with Gasteiger partial charge in [-0.15, -0.1) is 0 Å². The van der Waals surface area contributed by atoms with Crippen molar-refractivity contribution in [1.82, 2.24) is 0 Å². The van der Waals surface area contributed by atoms with Crippen LogP contribution in [0.3, 0.4) is 0 Å². The lowest BCUT2D eigenvalue weighted by Crippen LogP contribution is -2.41. The van der Waals surface area contributed by atoms with E-state index in [1.165, 1.54) is 16.8 Å². The topological polar surface area (TPSA) is 24.2 Å². The Morgan fingerprint density at radius 1 is 1.20 bits per heavy atom. The van der Waals surface area contributed by atoms with E-state index in [1.807, 2.05) is 30.7 Å². The molecule has 130 valence electrons. The number of carbonyl (C=O) groups is 1. The standard InChI is InChI=1S/C22H27N2O/c1-6-17-12-11-16(2)24(14-17)15-18(25)13-21-22(3,4)19-9-7-8-10-20(19)23(21)5/h7-14H,6,15H2,1-5H3/q+1. The smallest absolute Gasteiger partial charge is 0.222 e. The molecule has 0 aliphatic carbocycles. The van der Waals surface area contributed by atoms with Crippen molar-refractivity contribution < 1.29 is 9.36 Å². The van der Waals surface area contributed by atoms with Crippen LogP contribution in [0.1, 0.15) is 37.6 Å². The van der Waals surface area contributed by atoms with Crippen LogP contribution < -0.4 is 9.47 Å². The average Bonchev–Trinajstić information content (AvgIpc) is 2.78. The second-order valence-electron chi connectivity index (χ2n) is 7.36. The van der Waals surface area contributed by atoms with Gasteiger partial charge in [-0.25, -0.2) is 0 Å². The molecule has 0 radical (unpaired) electrons. The van der Waals surface area contributed by atoms with Gasteiger partial charge in [0.2, 0.25) is 12.3 Å². The van der Waals surface area contributed by atoms with E-state index in [2.05, 4.69) is 62.2 Å². The maximum Gasteiger partial charge on any atom is 0.222 e. The normalized spacial score (nSPS) is 17.0. The molecule has 0 N–H and O–H groups in total. The van der Waals surface area contributed by atoms with E-state index in [1.54, 1.807) is 0 Å². The molecule has 0 unspecified atom stereocenters. The van der Waals surface area contributed by atoms with Crippen molar-refractivity contribution in [1.29, 1.82) is 0 Å². The number of ketones is 1. The predicted octanol–water partition coefficient (Wildman–Crippen LogP) is 3.73. The number of carbonyl (C=O) groups excluding carboxylic acids is 1. The number of anilines is 1. The van der Waals surface area contributed by atoms with Crippen LogP contribution in [-0.4, -0.2) is 12.8 Å². The molecule has 1 aromatic heterocycles. The summed E-state index contributed by atoms with van der Waals surface area (Å²) in [4.78, 5) is 14.9. The zero-order valence-corrected chi connectivity index (χ0v) is 15.8. The number of fused-ring (bicyclic) bond motifs is 1. The molecule has 25 heavy (non-hydrogen) atoms. The van der Waals surface area contributed by atoms with Crippen molar-refractivity contribution in [2.45, 2.75) is 46.1 Å². The molecule has 2 heterocycles. The molecular weight excluding hydrogens is 308 g/mol. The first-order chi connectivity index (χ1) is 11.8. The first-order valence-corrected chi connectivity index (χ1v) is 8.91. The molecule has 2 aromatic rings. The summed E-state index contributed by atoms with van der Waals surface area (Å²) in [5, 5.41) is 0. The highest BCUT2D eigenvalue weighted by atomic mass is 16.1. The number of pyridine rings is 1. The van der Waals surface area contributed by atoms with Crippen molar-refractivity contribution in [3.8, 4) is 0 Å². The summed E-state index contributed by atoms with van der Waals surface area (Å²) in [7, 11) is 2.04. The third-order valence-corrected chi connectivity index (χ3v) is 5.29. The molecule has 3 rings (SSSR count). The Labute approximate surface area is 150 Å². The van der Waals surface area contributed by atoms with Crippen molar-refractivity contribution >= 4 is 11.5 Å². The molecule has 1 aliphatic rings. The van der Waals surface area contributed by atoms with Crippen LogP contribution in [0.4, 0.5) is 5.69 Å². The fourth-order valence-corrected chi connectivity index (χ4v) is 3.67. The summed E-state index contributed by atoms with van der Waals surface area (Å²) >= 11 is 0. The SMILES string of the molecule is CCc1ccc(C)[n+](CC(=O)C=C2N(C)c3ccccc3C2(C)C)c1. The summed E-state index contributed by atoms with van der Waals surface area (Å²) in [5.41, 5.74) is 5.70. The largest absolute Gasteiger partial charge is 0.347 e. The van der Waals surface area contributed by atoms with Crippen LogP contribution in [0.5, 0.6) is 0 Å². The third-order valence-electron chi connectivity index (χ3n) is 5.29. The first-order valence-electron chi connectivity index (χ1n) is 8.91.